The Kier molecular flexibility index (Phi) is 3.24. The Balaban J connectivity index is 3.02. The second kappa shape index (κ2) is 4.07. The Morgan fingerprint density at radius 1 is 1.14 bits per heavy atom. The summed E-state index contributed by atoms with van der Waals surface area (Å²) in [6.45, 7) is 8.31. The summed E-state index contributed by atoms with van der Waals surface area (Å²) in [5, 5.41) is 0.753. The molecule has 0 heterocycles. The SMILES string of the molecule is Cc1cc(Cl)cc(C#CC(C)(C)C)c1. The van der Waals surface area contributed by atoms with Crippen LogP contribution in [-0.4, -0.2) is 0 Å². The van der Waals surface area contributed by atoms with Crippen LogP contribution in [0.5, 0.6) is 0 Å². The van der Waals surface area contributed by atoms with Crippen LogP contribution < -0.4 is 0 Å². The molecule has 0 nitrogen and oxygen atoms in total. The lowest BCUT2D eigenvalue weighted by atomic mass is 9.97. The molecule has 0 aliphatic rings. The number of halogens is 1. The first-order valence-electron chi connectivity index (χ1n) is 4.67. The van der Waals surface area contributed by atoms with E-state index in [4.69, 9.17) is 11.6 Å². The summed E-state index contributed by atoms with van der Waals surface area (Å²) in [5.41, 5.74) is 2.18. The molecule has 0 aliphatic heterocycles. The quantitative estimate of drug-likeness (QED) is 0.562. The highest BCUT2D eigenvalue weighted by atomic mass is 35.5. The predicted octanol–water partition coefficient (Wildman–Crippen LogP) is 4.05. The molecule has 0 bridgehead atoms. The molecule has 0 saturated carbocycles. The molecule has 0 amide bonds. The van der Waals surface area contributed by atoms with E-state index < -0.39 is 0 Å². The minimum atomic E-state index is 0.0379. The molecule has 0 aliphatic carbocycles. The lowest BCUT2D eigenvalue weighted by molar-refractivity contribution is 0.571. The van der Waals surface area contributed by atoms with Crippen LogP contribution in [0.15, 0.2) is 18.2 Å². The van der Waals surface area contributed by atoms with E-state index in [-0.39, 0.29) is 5.41 Å². The molecule has 1 aromatic rings. The van der Waals surface area contributed by atoms with Gasteiger partial charge in [0.25, 0.3) is 0 Å². The maximum atomic E-state index is 5.93. The van der Waals surface area contributed by atoms with Crippen LogP contribution in [0, 0.1) is 24.2 Å². The Hall–Kier alpha value is -0.930. The zero-order valence-electron chi connectivity index (χ0n) is 9.11. The van der Waals surface area contributed by atoms with Gasteiger partial charge < -0.3 is 0 Å². The molecule has 1 rings (SSSR count). The van der Waals surface area contributed by atoms with Gasteiger partial charge in [0, 0.05) is 16.0 Å². The zero-order chi connectivity index (χ0) is 10.8. The van der Waals surface area contributed by atoms with Gasteiger partial charge in [-0.05, 0) is 51.5 Å². The van der Waals surface area contributed by atoms with Crippen LogP contribution in [0.4, 0.5) is 0 Å². The lowest BCUT2D eigenvalue weighted by Gasteiger charge is -2.07. The zero-order valence-corrected chi connectivity index (χ0v) is 9.87. The van der Waals surface area contributed by atoms with Crippen molar-refractivity contribution in [2.45, 2.75) is 27.7 Å². The van der Waals surface area contributed by atoms with Crippen LogP contribution in [0.1, 0.15) is 31.9 Å². The summed E-state index contributed by atoms with van der Waals surface area (Å²) in [7, 11) is 0. The maximum Gasteiger partial charge on any atom is 0.0421 e. The van der Waals surface area contributed by atoms with Crippen molar-refractivity contribution in [2.75, 3.05) is 0 Å². The van der Waals surface area contributed by atoms with Crippen molar-refractivity contribution in [3.63, 3.8) is 0 Å². The second-order valence-corrected chi connectivity index (χ2v) is 4.95. The number of hydrogen-bond acceptors (Lipinski definition) is 0. The van der Waals surface area contributed by atoms with E-state index in [2.05, 4.69) is 32.6 Å². The predicted molar refractivity (Wildman–Crippen MR) is 62.5 cm³/mol. The first-order valence-corrected chi connectivity index (χ1v) is 5.05. The van der Waals surface area contributed by atoms with Gasteiger partial charge in [-0.3, -0.25) is 0 Å². The van der Waals surface area contributed by atoms with Gasteiger partial charge in [-0.25, -0.2) is 0 Å². The smallest absolute Gasteiger partial charge is 0.0421 e. The molecule has 0 aromatic heterocycles. The maximum absolute atomic E-state index is 5.93. The Morgan fingerprint density at radius 2 is 1.79 bits per heavy atom. The minimum absolute atomic E-state index is 0.0379. The van der Waals surface area contributed by atoms with Gasteiger partial charge in [0.05, 0.1) is 0 Å². The van der Waals surface area contributed by atoms with Crippen LogP contribution in [-0.2, 0) is 0 Å². The van der Waals surface area contributed by atoms with E-state index in [1.54, 1.807) is 0 Å². The van der Waals surface area contributed by atoms with E-state index in [0.29, 0.717) is 0 Å². The van der Waals surface area contributed by atoms with E-state index in [0.717, 1.165) is 16.1 Å². The fourth-order valence-corrected chi connectivity index (χ4v) is 1.36. The van der Waals surface area contributed by atoms with Crippen LogP contribution in [0.25, 0.3) is 0 Å². The van der Waals surface area contributed by atoms with Gasteiger partial charge in [0.1, 0.15) is 0 Å². The number of benzene rings is 1. The van der Waals surface area contributed by atoms with Crippen molar-refractivity contribution in [1.82, 2.24) is 0 Å². The average molecular weight is 207 g/mol. The van der Waals surface area contributed by atoms with Crippen molar-refractivity contribution in [1.29, 1.82) is 0 Å². The minimum Gasteiger partial charge on any atom is -0.0920 e. The summed E-state index contributed by atoms with van der Waals surface area (Å²) in [6, 6.07) is 5.88. The first-order chi connectivity index (χ1) is 6.37. The summed E-state index contributed by atoms with van der Waals surface area (Å²) >= 11 is 5.93. The Morgan fingerprint density at radius 3 is 2.29 bits per heavy atom. The molecule has 0 radical (unpaired) electrons. The number of rotatable bonds is 0. The molecular formula is C13H15Cl. The monoisotopic (exact) mass is 206 g/mol. The lowest BCUT2D eigenvalue weighted by Crippen LogP contribution is -1.99. The summed E-state index contributed by atoms with van der Waals surface area (Å²) in [6.07, 6.45) is 0. The van der Waals surface area contributed by atoms with E-state index in [1.807, 2.05) is 25.1 Å². The summed E-state index contributed by atoms with van der Waals surface area (Å²) < 4.78 is 0. The van der Waals surface area contributed by atoms with E-state index >= 15 is 0 Å². The number of aryl methyl sites for hydroxylation is 1. The van der Waals surface area contributed by atoms with Crippen LogP contribution in [0.2, 0.25) is 5.02 Å². The van der Waals surface area contributed by atoms with Crippen molar-refractivity contribution in [3.8, 4) is 11.8 Å². The normalized spacial score (nSPS) is 10.6. The molecule has 1 heteroatoms. The fourth-order valence-electron chi connectivity index (χ4n) is 1.07. The average Bonchev–Trinajstić information content (AvgIpc) is 1.97. The molecular weight excluding hydrogens is 192 g/mol. The third-order valence-electron chi connectivity index (χ3n) is 1.62. The fraction of sp³-hybridized carbons (Fsp3) is 0.385. The third-order valence-corrected chi connectivity index (χ3v) is 1.84. The summed E-state index contributed by atoms with van der Waals surface area (Å²) in [5.74, 6) is 6.32. The van der Waals surface area contributed by atoms with Crippen molar-refractivity contribution >= 4 is 11.6 Å². The summed E-state index contributed by atoms with van der Waals surface area (Å²) in [4.78, 5) is 0. The molecule has 0 atom stereocenters. The topological polar surface area (TPSA) is 0 Å². The third kappa shape index (κ3) is 3.85. The van der Waals surface area contributed by atoms with E-state index in [9.17, 15) is 0 Å². The van der Waals surface area contributed by atoms with Crippen molar-refractivity contribution in [2.24, 2.45) is 5.41 Å². The molecule has 14 heavy (non-hydrogen) atoms. The van der Waals surface area contributed by atoms with Crippen molar-refractivity contribution in [3.05, 3.63) is 34.3 Å². The van der Waals surface area contributed by atoms with E-state index in [1.165, 1.54) is 0 Å². The van der Waals surface area contributed by atoms with Gasteiger partial charge in [-0.15, -0.1) is 0 Å². The van der Waals surface area contributed by atoms with Gasteiger partial charge >= 0.3 is 0 Å². The highest BCUT2D eigenvalue weighted by Crippen LogP contribution is 2.15. The van der Waals surface area contributed by atoms with Gasteiger partial charge in [0.15, 0.2) is 0 Å². The van der Waals surface area contributed by atoms with Gasteiger partial charge in [0.2, 0.25) is 0 Å². The van der Waals surface area contributed by atoms with Crippen LogP contribution in [0.3, 0.4) is 0 Å². The van der Waals surface area contributed by atoms with Gasteiger partial charge in [-0.1, -0.05) is 23.4 Å². The Bertz CT molecular complexity index is 366. The molecule has 0 N–H and O–H groups in total. The van der Waals surface area contributed by atoms with Gasteiger partial charge in [-0.2, -0.15) is 0 Å². The molecule has 74 valence electrons. The first kappa shape index (κ1) is 11.1. The highest BCUT2D eigenvalue weighted by molar-refractivity contribution is 6.30. The molecule has 1 aromatic carbocycles. The van der Waals surface area contributed by atoms with Crippen molar-refractivity contribution < 1.29 is 0 Å². The molecule has 0 unspecified atom stereocenters. The second-order valence-electron chi connectivity index (χ2n) is 4.52. The van der Waals surface area contributed by atoms with Crippen LogP contribution >= 0.6 is 11.6 Å². The molecule has 0 spiro atoms. The standard InChI is InChI=1S/C13H15Cl/c1-10-7-11(9-12(14)8-10)5-6-13(2,3)4/h7-9H,1-4H3. The largest absolute Gasteiger partial charge is 0.0920 e. The highest BCUT2D eigenvalue weighted by Gasteiger charge is 2.03. The number of hydrogen-bond donors (Lipinski definition) is 0. The Labute approximate surface area is 91.3 Å². The molecule has 0 saturated heterocycles. The molecule has 0 fully saturated rings.